The Kier molecular flexibility index (Phi) is 6.74. The van der Waals surface area contributed by atoms with E-state index in [-0.39, 0.29) is 0 Å². The molecule has 0 fully saturated rings. The van der Waals surface area contributed by atoms with Crippen molar-refractivity contribution in [2.24, 2.45) is 11.7 Å². The predicted molar refractivity (Wildman–Crippen MR) is 81.5 cm³/mol. The molecular weight excluding hydrogens is 218 g/mol. The molecule has 0 spiro atoms. The zero-order valence-corrected chi connectivity index (χ0v) is 11.9. The first-order valence-electron chi connectivity index (χ1n) is 7.12. The summed E-state index contributed by atoms with van der Waals surface area (Å²) in [6.07, 6.45) is 6.19. The van der Waals surface area contributed by atoms with Crippen LogP contribution in [-0.2, 0) is 6.42 Å². The van der Waals surface area contributed by atoms with Gasteiger partial charge < -0.3 is 5.73 Å². The van der Waals surface area contributed by atoms with Crippen LogP contribution in [0.4, 0.5) is 0 Å². The van der Waals surface area contributed by atoms with Crippen molar-refractivity contribution in [1.82, 2.24) is 0 Å². The fourth-order valence-electron chi connectivity index (χ4n) is 2.34. The minimum absolute atomic E-state index is 0.741. The highest BCUT2D eigenvalue weighted by Crippen LogP contribution is 2.20. The topological polar surface area (TPSA) is 26.0 Å². The van der Waals surface area contributed by atoms with Crippen molar-refractivity contribution in [2.75, 3.05) is 6.54 Å². The average molecular weight is 245 g/mol. The normalized spacial score (nSPS) is 12.4. The molecule has 0 bridgehead atoms. The van der Waals surface area contributed by atoms with Gasteiger partial charge in [0.2, 0.25) is 0 Å². The molecule has 1 aromatic carbocycles. The number of benzene rings is 1. The predicted octanol–water partition coefficient (Wildman–Crippen LogP) is 4.42. The van der Waals surface area contributed by atoms with Crippen LogP contribution in [0.15, 0.2) is 30.8 Å². The van der Waals surface area contributed by atoms with Crippen molar-refractivity contribution in [3.63, 3.8) is 0 Å². The van der Waals surface area contributed by atoms with Gasteiger partial charge in [-0.1, -0.05) is 62.6 Å². The highest BCUT2D eigenvalue weighted by Gasteiger charge is 2.08. The third-order valence-corrected chi connectivity index (χ3v) is 3.51. The van der Waals surface area contributed by atoms with Crippen LogP contribution in [0.3, 0.4) is 0 Å². The lowest BCUT2D eigenvalue weighted by atomic mass is 9.91. The molecule has 0 saturated carbocycles. The Morgan fingerprint density at radius 2 is 1.89 bits per heavy atom. The standard InChI is InChI=1S/C17H27N/c1-4-5-6-15(11-12-18)13-16-7-9-17(10-8-16)14(2)3/h7-10,15H,2,4-6,11-13,18H2,1,3H3. The molecule has 1 nitrogen and oxygen atoms in total. The summed E-state index contributed by atoms with van der Waals surface area (Å²) in [7, 11) is 0. The molecule has 2 N–H and O–H groups in total. The Morgan fingerprint density at radius 1 is 1.22 bits per heavy atom. The number of allylic oxidation sites excluding steroid dienone is 1. The lowest BCUT2D eigenvalue weighted by Crippen LogP contribution is -2.11. The number of rotatable bonds is 8. The zero-order valence-electron chi connectivity index (χ0n) is 11.9. The van der Waals surface area contributed by atoms with Gasteiger partial charge in [0.25, 0.3) is 0 Å². The van der Waals surface area contributed by atoms with Gasteiger partial charge in [-0.05, 0) is 43.4 Å². The minimum atomic E-state index is 0.741. The lowest BCUT2D eigenvalue weighted by Gasteiger charge is -2.16. The van der Waals surface area contributed by atoms with E-state index in [1.165, 1.54) is 30.4 Å². The summed E-state index contributed by atoms with van der Waals surface area (Å²) in [5.41, 5.74) is 9.50. The maximum Gasteiger partial charge on any atom is -0.00745 e. The third-order valence-electron chi connectivity index (χ3n) is 3.51. The zero-order chi connectivity index (χ0) is 13.4. The molecule has 0 aliphatic rings. The summed E-state index contributed by atoms with van der Waals surface area (Å²) in [5, 5.41) is 0. The van der Waals surface area contributed by atoms with Crippen LogP contribution >= 0.6 is 0 Å². The van der Waals surface area contributed by atoms with Gasteiger partial charge in [0.1, 0.15) is 0 Å². The number of hydrogen-bond donors (Lipinski definition) is 1. The fraction of sp³-hybridized carbons (Fsp3) is 0.529. The highest BCUT2D eigenvalue weighted by atomic mass is 14.5. The summed E-state index contributed by atoms with van der Waals surface area (Å²) in [4.78, 5) is 0. The van der Waals surface area contributed by atoms with Gasteiger partial charge in [-0.3, -0.25) is 0 Å². The van der Waals surface area contributed by atoms with Crippen molar-refractivity contribution in [3.8, 4) is 0 Å². The Morgan fingerprint density at radius 3 is 2.39 bits per heavy atom. The Balaban J connectivity index is 2.59. The first-order chi connectivity index (χ1) is 8.67. The van der Waals surface area contributed by atoms with E-state index in [2.05, 4.69) is 37.8 Å². The van der Waals surface area contributed by atoms with E-state index in [1.54, 1.807) is 0 Å². The summed E-state index contributed by atoms with van der Waals surface area (Å²) in [6, 6.07) is 8.83. The smallest absolute Gasteiger partial charge is 0.00745 e. The SMILES string of the molecule is C=C(C)c1ccc(CC(CCN)CCCC)cc1. The molecular formula is C17H27N. The van der Waals surface area contributed by atoms with Gasteiger partial charge >= 0.3 is 0 Å². The molecule has 1 heteroatoms. The Labute approximate surface area is 112 Å². The molecule has 0 heterocycles. The van der Waals surface area contributed by atoms with E-state index >= 15 is 0 Å². The van der Waals surface area contributed by atoms with Crippen molar-refractivity contribution >= 4 is 5.57 Å². The van der Waals surface area contributed by atoms with Crippen molar-refractivity contribution in [1.29, 1.82) is 0 Å². The van der Waals surface area contributed by atoms with Crippen LogP contribution in [0, 0.1) is 5.92 Å². The summed E-state index contributed by atoms with van der Waals surface area (Å²) in [6.45, 7) is 9.07. The molecule has 0 radical (unpaired) electrons. The molecule has 0 aliphatic carbocycles. The van der Waals surface area contributed by atoms with E-state index in [4.69, 9.17) is 5.73 Å². The maximum atomic E-state index is 5.71. The average Bonchev–Trinajstić information content (AvgIpc) is 2.37. The molecule has 0 aliphatic heterocycles. The molecule has 1 unspecified atom stereocenters. The molecule has 0 amide bonds. The van der Waals surface area contributed by atoms with Crippen molar-refractivity contribution in [3.05, 3.63) is 42.0 Å². The van der Waals surface area contributed by atoms with Gasteiger partial charge in [-0.15, -0.1) is 0 Å². The van der Waals surface area contributed by atoms with Gasteiger partial charge in [0.15, 0.2) is 0 Å². The van der Waals surface area contributed by atoms with E-state index in [9.17, 15) is 0 Å². The van der Waals surface area contributed by atoms with Crippen LogP contribution in [0.25, 0.3) is 5.57 Å². The van der Waals surface area contributed by atoms with Crippen LogP contribution in [0.1, 0.15) is 50.7 Å². The van der Waals surface area contributed by atoms with Crippen LogP contribution in [0.2, 0.25) is 0 Å². The summed E-state index contributed by atoms with van der Waals surface area (Å²) < 4.78 is 0. The summed E-state index contributed by atoms with van der Waals surface area (Å²) in [5.74, 6) is 0.741. The molecule has 0 saturated heterocycles. The van der Waals surface area contributed by atoms with E-state index < -0.39 is 0 Å². The van der Waals surface area contributed by atoms with Crippen LogP contribution in [0.5, 0.6) is 0 Å². The van der Waals surface area contributed by atoms with Gasteiger partial charge in [-0.2, -0.15) is 0 Å². The molecule has 1 rings (SSSR count). The second-order valence-electron chi connectivity index (χ2n) is 5.27. The molecule has 0 aromatic heterocycles. The van der Waals surface area contributed by atoms with Crippen LogP contribution < -0.4 is 5.73 Å². The van der Waals surface area contributed by atoms with E-state index in [1.807, 2.05) is 6.92 Å². The number of unbranched alkanes of at least 4 members (excludes halogenated alkanes) is 1. The summed E-state index contributed by atoms with van der Waals surface area (Å²) >= 11 is 0. The second kappa shape index (κ2) is 8.10. The monoisotopic (exact) mass is 245 g/mol. The molecule has 18 heavy (non-hydrogen) atoms. The fourth-order valence-corrected chi connectivity index (χ4v) is 2.34. The Hall–Kier alpha value is -1.08. The Bertz CT molecular complexity index is 350. The van der Waals surface area contributed by atoms with E-state index in [0.717, 1.165) is 30.9 Å². The van der Waals surface area contributed by atoms with Crippen LogP contribution in [-0.4, -0.2) is 6.54 Å². The lowest BCUT2D eigenvalue weighted by molar-refractivity contribution is 0.437. The third kappa shape index (κ3) is 5.05. The quantitative estimate of drug-likeness (QED) is 0.721. The number of hydrogen-bond acceptors (Lipinski definition) is 1. The maximum absolute atomic E-state index is 5.71. The first kappa shape index (κ1) is 15.0. The highest BCUT2D eigenvalue weighted by molar-refractivity contribution is 5.61. The minimum Gasteiger partial charge on any atom is -0.330 e. The molecule has 1 aromatic rings. The molecule has 100 valence electrons. The van der Waals surface area contributed by atoms with Gasteiger partial charge in [-0.25, -0.2) is 0 Å². The van der Waals surface area contributed by atoms with Gasteiger partial charge in [0.05, 0.1) is 0 Å². The largest absolute Gasteiger partial charge is 0.330 e. The van der Waals surface area contributed by atoms with E-state index in [0.29, 0.717) is 0 Å². The molecule has 1 atom stereocenters. The first-order valence-corrected chi connectivity index (χ1v) is 7.12. The number of nitrogens with two attached hydrogens (primary N) is 1. The van der Waals surface area contributed by atoms with Crippen molar-refractivity contribution in [2.45, 2.75) is 46.0 Å². The van der Waals surface area contributed by atoms with Gasteiger partial charge in [0, 0.05) is 0 Å². The van der Waals surface area contributed by atoms with Crippen molar-refractivity contribution < 1.29 is 0 Å². The second-order valence-corrected chi connectivity index (χ2v) is 5.27.